The first-order valence-corrected chi connectivity index (χ1v) is 7.06. The number of aromatic nitrogens is 3. The maximum Gasteiger partial charge on any atom is 0.241 e. The van der Waals surface area contributed by atoms with Gasteiger partial charge in [-0.3, -0.25) is 4.79 Å². The minimum Gasteiger partial charge on any atom is -0.366 e. The maximum atomic E-state index is 11.7. The van der Waals surface area contributed by atoms with E-state index >= 15 is 0 Å². The fraction of sp³-hybridized carbons (Fsp3) is 0.154. The van der Waals surface area contributed by atoms with Crippen molar-refractivity contribution in [3.05, 3.63) is 29.1 Å². The standard InChI is InChI=1S/C13H11N5OS/c1-6-8-4-7(2-3-9(8)15-11(6)19)10-5-20-13-16-12(14)17-18(10)13/h2-6H,1H3,(H2,14,17)(H,15,19). The van der Waals surface area contributed by atoms with Crippen molar-refractivity contribution in [1.82, 2.24) is 14.6 Å². The first-order valence-electron chi connectivity index (χ1n) is 6.18. The van der Waals surface area contributed by atoms with Gasteiger partial charge in [0.2, 0.25) is 16.8 Å². The number of nitrogens with zero attached hydrogens (tertiary/aromatic N) is 3. The molecule has 3 aromatic rings. The molecule has 6 nitrogen and oxygen atoms in total. The summed E-state index contributed by atoms with van der Waals surface area (Å²) in [4.78, 5) is 16.6. The van der Waals surface area contributed by atoms with E-state index in [1.165, 1.54) is 11.3 Å². The van der Waals surface area contributed by atoms with Gasteiger partial charge < -0.3 is 11.1 Å². The molecule has 2 aromatic heterocycles. The van der Waals surface area contributed by atoms with E-state index in [0.29, 0.717) is 0 Å². The number of hydrogen-bond donors (Lipinski definition) is 2. The molecule has 7 heteroatoms. The van der Waals surface area contributed by atoms with Gasteiger partial charge in [-0.2, -0.15) is 4.98 Å². The third kappa shape index (κ3) is 1.47. The Bertz CT molecular complexity index is 850. The molecule has 0 spiro atoms. The van der Waals surface area contributed by atoms with Crippen LogP contribution >= 0.6 is 11.3 Å². The number of carbonyl (C=O) groups is 1. The maximum absolute atomic E-state index is 11.7. The van der Waals surface area contributed by atoms with Gasteiger partial charge in [0.15, 0.2) is 0 Å². The van der Waals surface area contributed by atoms with Crippen LogP contribution in [0.4, 0.5) is 11.6 Å². The van der Waals surface area contributed by atoms with Crippen LogP contribution in [0, 0.1) is 0 Å². The van der Waals surface area contributed by atoms with E-state index in [4.69, 9.17) is 5.73 Å². The van der Waals surface area contributed by atoms with Gasteiger partial charge in [-0.25, -0.2) is 4.52 Å². The number of fused-ring (bicyclic) bond motifs is 2. The summed E-state index contributed by atoms with van der Waals surface area (Å²) in [5.74, 6) is 0.182. The lowest BCUT2D eigenvalue weighted by atomic mass is 10.00. The fourth-order valence-electron chi connectivity index (χ4n) is 2.47. The van der Waals surface area contributed by atoms with Gasteiger partial charge in [0.25, 0.3) is 0 Å². The minimum atomic E-state index is -0.125. The third-order valence-corrected chi connectivity index (χ3v) is 4.38. The van der Waals surface area contributed by atoms with Gasteiger partial charge in [0.1, 0.15) is 0 Å². The van der Waals surface area contributed by atoms with Crippen LogP contribution in [-0.4, -0.2) is 20.5 Å². The van der Waals surface area contributed by atoms with E-state index in [9.17, 15) is 4.79 Å². The molecular weight excluding hydrogens is 274 g/mol. The number of thiazole rings is 1. The lowest BCUT2D eigenvalue weighted by Crippen LogP contribution is -2.08. The first kappa shape index (κ1) is 11.4. The second kappa shape index (κ2) is 3.80. The zero-order valence-electron chi connectivity index (χ0n) is 10.6. The summed E-state index contributed by atoms with van der Waals surface area (Å²) in [7, 11) is 0. The van der Waals surface area contributed by atoms with E-state index in [-0.39, 0.29) is 17.8 Å². The Kier molecular flexibility index (Phi) is 2.17. The van der Waals surface area contributed by atoms with E-state index in [2.05, 4.69) is 15.4 Å². The predicted octanol–water partition coefficient (Wildman–Crippen LogP) is 2.10. The largest absolute Gasteiger partial charge is 0.366 e. The topological polar surface area (TPSA) is 85.3 Å². The van der Waals surface area contributed by atoms with E-state index in [1.54, 1.807) is 4.52 Å². The first-order chi connectivity index (χ1) is 9.63. The summed E-state index contributed by atoms with van der Waals surface area (Å²) in [5.41, 5.74) is 9.46. The van der Waals surface area contributed by atoms with Gasteiger partial charge in [-0.05, 0) is 24.6 Å². The van der Waals surface area contributed by atoms with Crippen LogP contribution in [0.3, 0.4) is 0 Å². The second-order valence-corrected chi connectivity index (χ2v) is 5.63. The van der Waals surface area contributed by atoms with Gasteiger partial charge >= 0.3 is 0 Å². The molecule has 1 atom stereocenters. The number of rotatable bonds is 1. The quantitative estimate of drug-likeness (QED) is 0.717. The van der Waals surface area contributed by atoms with Crippen LogP contribution in [0.25, 0.3) is 16.2 Å². The molecule has 0 saturated carbocycles. The second-order valence-electron chi connectivity index (χ2n) is 4.80. The Labute approximate surface area is 118 Å². The van der Waals surface area contributed by atoms with E-state index < -0.39 is 0 Å². The summed E-state index contributed by atoms with van der Waals surface area (Å²) >= 11 is 1.49. The molecule has 1 aliphatic heterocycles. The Morgan fingerprint density at radius 3 is 3.15 bits per heavy atom. The average Bonchev–Trinajstić information content (AvgIpc) is 3.04. The highest BCUT2D eigenvalue weighted by Gasteiger charge is 2.27. The highest BCUT2D eigenvalue weighted by molar-refractivity contribution is 7.15. The van der Waals surface area contributed by atoms with Crippen molar-refractivity contribution in [1.29, 1.82) is 0 Å². The molecule has 1 aromatic carbocycles. The third-order valence-electron chi connectivity index (χ3n) is 3.56. The Hall–Kier alpha value is -2.41. The zero-order chi connectivity index (χ0) is 13.9. The molecule has 3 heterocycles. The van der Waals surface area contributed by atoms with Gasteiger partial charge in [-0.15, -0.1) is 16.4 Å². The van der Waals surface area contributed by atoms with Gasteiger partial charge in [0.05, 0.1) is 11.6 Å². The molecular formula is C13H11N5OS. The molecule has 0 radical (unpaired) electrons. The summed E-state index contributed by atoms with van der Waals surface area (Å²) in [6, 6.07) is 5.92. The molecule has 1 aliphatic rings. The molecule has 0 aliphatic carbocycles. The number of amides is 1. The van der Waals surface area contributed by atoms with Crippen LogP contribution in [0.15, 0.2) is 23.6 Å². The van der Waals surface area contributed by atoms with Crippen LogP contribution in [-0.2, 0) is 4.79 Å². The lowest BCUT2D eigenvalue weighted by molar-refractivity contribution is -0.116. The fourth-order valence-corrected chi connectivity index (χ4v) is 3.31. The van der Waals surface area contributed by atoms with Crippen molar-refractivity contribution in [2.24, 2.45) is 0 Å². The van der Waals surface area contributed by atoms with Crippen molar-refractivity contribution in [2.75, 3.05) is 11.1 Å². The van der Waals surface area contributed by atoms with Gasteiger partial charge in [0, 0.05) is 16.6 Å². The Balaban J connectivity index is 1.89. The molecule has 0 bridgehead atoms. The van der Waals surface area contributed by atoms with Crippen molar-refractivity contribution < 1.29 is 4.79 Å². The van der Waals surface area contributed by atoms with Crippen LogP contribution in [0.5, 0.6) is 0 Å². The predicted molar refractivity (Wildman–Crippen MR) is 77.8 cm³/mol. The number of nitrogens with two attached hydrogens (primary N) is 1. The molecule has 1 unspecified atom stereocenters. The number of benzene rings is 1. The van der Waals surface area contributed by atoms with Crippen molar-refractivity contribution in [3.8, 4) is 11.3 Å². The monoisotopic (exact) mass is 285 g/mol. The highest BCUT2D eigenvalue weighted by Crippen LogP contribution is 2.36. The number of nitrogens with one attached hydrogen (secondary N) is 1. The van der Waals surface area contributed by atoms with E-state index in [0.717, 1.165) is 27.5 Å². The van der Waals surface area contributed by atoms with Crippen LogP contribution in [0.1, 0.15) is 18.4 Å². The van der Waals surface area contributed by atoms with Crippen LogP contribution in [0.2, 0.25) is 0 Å². The molecule has 0 fully saturated rings. The summed E-state index contributed by atoms with van der Waals surface area (Å²) < 4.78 is 1.73. The molecule has 3 N–H and O–H groups in total. The average molecular weight is 285 g/mol. The van der Waals surface area contributed by atoms with Crippen LogP contribution < -0.4 is 11.1 Å². The van der Waals surface area contributed by atoms with Crippen molar-refractivity contribution >= 4 is 33.8 Å². The minimum absolute atomic E-state index is 0.0395. The Morgan fingerprint density at radius 2 is 2.30 bits per heavy atom. The number of nitrogen functional groups attached to an aromatic ring is 1. The van der Waals surface area contributed by atoms with Crippen molar-refractivity contribution in [3.63, 3.8) is 0 Å². The highest BCUT2D eigenvalue weighted by atomic mass is 32.1. The summed E-state index contributed by atoms with van der Waals surface area (Å²) in [6.07, 6.45) is 0. The number of carbonyl (C=O) groups excluding carboxylic acids is 1. The normalized spacial score (nSPS) is 17.4. The lowest BCUT2D eigenvalue weighted by Gasteiger charge is -2.04. The summed E-state index contributed by atoms with van der Waals surface area (Å²) in [5, 5.41) is 9.05. The molecule has 4 rings (SSSR count). The SMILES string of the molecule is CC1C(=O)Nc2ccc(-c3csc4nc(N)nn34)cc21. The smallest absolute Gasteiger partial charge is 0.241 e. The zero-order valence-corrected chi connectivity index (χ0v) is 11.4. The molecule has 100 valence electrons. The molecule has 1 amide bonds. The molecule has 20 heavy (non-hydrogen) atoms. The number of hydrogen-bond acceptors (Lipinski definition) is 5. The number of anilines is 2. The van der Waals surface area contributed by atoms with Gasteiger partial charge in [-0.1, -0.05) is 6.07 Å². The van der Waals surface area contributed by atoms with E-state index in [1.807, 2.05) is 30.5 Å². The van der Waals surface area contributed by atoms with Crippen molar-refractivity contribution in [2.45, 2.75) is 12.8 Å². The summed E-state index contributed by atoms with van der Waals surface area (Å²) in [6.45, 7) is 1.90. The Morgan fingerprint density at radius 1 is 1.45 bits per heavy atom. The molecule has 0 saturated heterocycles.